The van der Waals surface area contributed by atoms with Crippen molar-refractivity contribution in [3.63, 3.8) is 0 Å². The smallest absolute Gasteiger partial charge is 0.234 e. The fraction of sp³-hybridized carbons (Fsp3) is 0.923. The summed E-state index contributed by atoms with van der Waals surface area (Å²) >= 11 is 0. The van der Waals surface area contributed by atoms with Gasteiger partial charge in [0.25, 0.3) is 0 Å². The zero-order chi connectivity index (χ0) is 12.8. The third-order valence-electron chi connectivity index (χ3n) is 3.86. The molecule has 2 aliphatic rings. The number of aliphatic hydroxyl groups is 1. The molecular formula is C13H24N2O3. The molecule has 0 aromatic heterocycles. The summed E-state index contributed by atoms with van der Waals surface area (Å²) in [6.45, 7) is 2.91. The minimum Gasteiger partial charge on any atom is -0.395 e. The van der Waals surface area contributed by atoms with Crippen LogP contribution in [-0.2, 0) is 9.53 Å². The first-order valence-electron chi connectivity index (χ1n) is 7.03. The van der Waals surface area contributed by atoms with Gasteiger partial charge in [0.15, 0.2) is 0 Å². The van der Waals surface area contributed by atoms with Gasteiger partial charge in [0.2, 0.25) is 5.91 Å². The first-order chi connectivity index (χ1) is 8.79. The number of amides is 1. The van der Waals surface area contributed by atoms with Crippen molar-refractivity contribution in [2.24, 2.45) is 0 Å². The van der Waals surface area contributed by atoms with Crippen LogP contribution < -0.4 is 5.32 Å². The van der Waals surface area contributed by atoms with Crippen LogP contribution in [0.4, 0.5) is 0 Å². The van der Waals surface area contributed by atoms with Crippen LogP contribution in [-0.4, -0.2) is 60.9 Å². The second-order valence-corrected chi connectivity index (χ2v) is 5.24. The molecule has 2 rings (SSSR count). The molecule has 104 valence electrons. The standard InChI is InChI=1S/C13H24N2O3/c16-10-11-4-1-2-6-15(11)9-13(17)14-8-12-5-3-7-18-12/h11-12,16H,1-10H2,(H,14,17). The Kier molecular flexibility index (Phi) is 5.41. The molecule has 0 aliphatic carbocycles. The van der Waals surface area contributed by atoms with Gasteiger partial charge >= 0.3 is 0 Å². The SMILES string of the molecule is O=C(CN1CCCCC1CO)NCC1CCCO1. The zero-order valence-corrected chi connectivity index (χ0v) is 10.9. The largest absolute Gasteiger partial charge is 0.395 e. The molecule has 0 saturated carbocycles. The van der Waals surface area contributed by atoms with E-state index < -0.39 is 0 Å². The number of nitrogens with one attached hydrogen (secondary N) is 1. The molecule has 0 aromatic carbocycles. The predicted molar refractivity (Wildman–Crippen MR) is 68.3 cm³/mol. The van der Waals surface area contributed by atoms with Crippen LogP contribution >= 0.6 is 0 Å². The number of rotatable bonds is 5. The van der Waals surface area contributed by atoms with Gasteiger partial charge in [-0.1, -0.05) is 6.42 Å². The van der Waals surface area contributed by atoms with Crippen molar-refractivity contribution in [1.82, 2.24) is 10.2 Å². The second kappa shape index (κ2) is 7.07. The molecule has 0 bridgehead atoms. The molecule has 5 heteroatoms. The van der Waals surface area contributed by atoms with Gasteiger partial charge in [-0.3, -0.25) is 9.69 Å². The number of carbonyl (C=O) groups excluding carboxylic acids is 1. The third kappa shape index (κ3) is 3.93. The van der Waals surface area contributed by atoms with E-state index in [1.54, 1.807) is 0 Å². The average molecular weight is 256 g/mol. The Morgan fingerprint density at radius 3 is 2.94 bits per heavy atom. The van der Waals surface area contributed by atoms with Crippen LogP contribution in [0, 0.1) is 0 Å². The van der Waals surface area contributed by atoms with Crippen molar-refractivity contribution in [1.29, 1.82) is 0 Å². The Morgan fingerprint density at radius 2 is 2.22 bits per heavy atom. The van der Waals surface area contributed by atoms with E-state index in [2.05, 4.69) is 10.2 Å². The van der Waals surface area contributed by atoms with Crippen molar-refractivity contribution in [2.75, 3.05) is 32.8 Å². The van der Waals surface area contributed by atoms with Gasteiger partial charge in [0.05, 0.1) is 19.3 Å². The fourth-order valence-electron chi connectivity index (χ4n) is 2.75. The maximum Gasteiger partial charge on any atom is 0.234 e. The molecule has 0 aromatic rings. The topological polar surface area (TPSA) is 61.8 Å². The Morgan fingerprint density at radius 1 is 1.33 bits per heavy atom. The maximum absolute atomic E-state index is 11.8. The molecule has 18 heavy (non-hydrogen) atoms. The quantitative estimate of drug-likeness (QED) is 0.734. The van der Waals surface area contributed by atoms with Crippen LogP contribution in [0.3, 0.4) is 0 Å². The average Bonchev–Trinajstić information content (AvgIpc) is 2.90. The second-order valence-electron chi connectivity index (χ2n) is 5.24. The van der Waals surface area contributed by atoms with Crippen molar-refractivity contribution in [2.45, 2.75) is 44.2 Å². The maximum atomic E-state index is 11.8. The van der Waals surface area contributed by atoms with Crippen LogP contribution in [0.2, 0.25) is 0 Å². The number of hydrogen-bond acceptors (Lipinski definition) is 4. The van der Waals surface area contributed by atoms with E-state index in [9.17, 15) is 9.90 Å². The fourth-order valence-corrected chi connectivity index (χ4v) is 2.75. The molecule has 2 atom stereocenters. The molecule has 2 saturated heterocycles. The van der Waals surface area contributed by atoms with Crippen molar-refractivity contribution in [3.05, 3.63) is 0 Å². The summed E-state index contributed by atoms with van der Waals surface area (Å²) in [5.41, 5.74) is 0. The minimum atomic E-state index is 0.0471. The Hall–Kier alpha value is -0.650. The van der Waals surface area contributed by atoms with Crippen molar-refractivity contribution in [3.8, 4) is 0 Å². The molecule has 0 spiro atoms. The molecule has 2 aliphatic heterocycles. The summed E-state index contributed by atoms with van der Waals surface area (Å²) in [6.07, 6.45) is 5.61. The molecule has 2 N–H and O–H groups in total. The minimum absolute atomic E-state index is 0.0471. The molecule has 2 heterocycles. The third-order valence-corrected chi connectivity index (χ3v) is 3.86. The first kappa shape index (κ1) is 13.8. The van der Waals surface area contributed by atoms with E-state index >= 15 is 0 Å². The van der Waals surface area contributed by atoms with E-state index in [0.29, 0.717) is 13.1 Å². The number of aliphatic hydroxyl groups excluding tert-OH is 1. The Labute approximate surface area is 108 Å². The van der Waals surface area contributed by atoms with E-state index in [1.165, 1.54) is 0 Å². The molecule has 1 amide bonds. The van der Waals surface area contributed by atoms with Crippen LogP contribution in [0.5, 0.6) is 0 Å². The summed E-state index contributed by atoms with van der Waals surface area (Å²) in [5, 5.41) is 12.2. The number of piperidine rings is 1. The molecule has 5 nitrogen and oxygen atoms in total. The number of likely N-dealkylation sites (tertiary alicyclic amines) is 1. The summed E-state index contributed by atoms with van der Waals surface area (Å²) in [5.74, 6) is 0.0471. The lowest BCUT2D eigenvalue weighted by atomic mass is 10.0. The van der Waals surface area contributed by atoms with Gasteiger partial charge in [-0.15, -0.1) is 0 Å². The lowest BCUT2D eigenvalue weighted by molar-refractivity contribution is -0.123. The Bertz CT molecular complexity index is 267. The zero-order valence-electron chi connectivity index (χ0n) is 10.9. The number of hydrogen-bond donors (Lipinski definition) is 2. The highest BCUT2D eigenvalue weighted by atomic mass is 16.5. The Balaban J connectivity index is 1.68. The molecular weight excluding hydrogens is 232 g/mol. The summed E-state index contributed by atoms with van der Waals surface area (Å²) in [4.78, 5) is 13.9. The predicted octanol–water partition coefficient (Wildman–Crippen LogP) is 0.128. The molecule has 2 fully saturated rings. The van der Waals surface area contributed by atoms with E-state index in [4.69, 9.17) is 4.74 Å². The highest BCUT2D eigenvalue weighted by molar-refractivity contribution is 5.78. The van der Waals surface area contributed by atoms with Gasteiger partial charge in [0, 0.05) is 19.2 Å². The summed E-state index contributed by atoms with van der Waals surface area (Å²) in [6, 6.07) is 0.159. The molecule has 2 unspecified atom stereocenters. The molecule has 0 radical (unpaired) electrons. The normalized spacial score (nSPS) is 29.4. The highest BCUT2D eigenvalue weighted by Crippen LogP contribution is 2.16. The van der Waals surface area contributed by atoms with E-state index in [0.717, 1.165) is 45.3 Å². The van der Waals surface area contributed by atoms with Gasteiger partial charge in [-0.05, 0) is 32.2 Å². The van der Waals surface area contributed by atoms with E-state index in [-0.39, 0.29) is 24.7 Å². The summed E-state index contributed by atoms with van der Waals surface area (Å²) < 4.78 is 5.47. The van der Waals surface area contributed by atoms with Crippen molar-refractivity contribution < 1.29 is 14.6 Å². The summed E-state index contributed by atoms with van der Waals surface area (Å²) in [7, 11) is 0. The van der Waals surface area contributed by atoms with E-state index in [1.807, 2.05) is 0 Å². The van der Waals surface area contributed by atoms with Crippen LogP contribution in [0.15, 0.2) is 0 Å². The first-order valence-corrected chi connectivity index (χ1v) is 7.03. The van der Waals surface area contributed by atoms with Gasteiger partial charge in [-0.25, -0.2) is 0 Å². The number of ether oxygens (including phenoxy) is 1. The van der Waals surface area contributed by atoms with Gasteiger partial charge in [-0.2, -0.15) is 0 Å². The van der Waals surface area contributed by atoms with Crippen molar-refractivity contribution >= 4 is 5.91 Å². The van der Waals surface area contributed by atoms with Gasteiger partial charge in [0.1, 0.15) is 0 Å². The lowest BCUT2D eigenvalue weighted by Crippen LogP contribution is -2.47. The van der Waals surface area contributed by atoms with Crippen LogP contribution in [0.25, 0.3) is 0 Å². The lowest BCUT2D eigenvalue weighted by Gasteiger charge is -2.33. The number of nitrogens with zero attached hydrogens (tertiary/aromatic N) is 1. The highest BCUT2D eigenvalue weighted by Gasteiger charge is 2.24. The number of carbonyl (C=O) groups is 1. The monoisotopic (exact) mass is 256 g/mol. The van der Waals surface area contributed by atoms with Gasteiger partial charge < -0.3 is 15.2 Å². The van der Waals surface area contributed by atoms with Crippen LogP contribution in [0.1, 0.15) is 32.1 Å².